The zero-order valence-corrected chi connectivity index (χ0v) is 20.8. The van der Waals surface area contributed by atoms with Crippen LogP contribution in [0.3, 0.4) is 0 Å². The van der Waals surface area contributed by atoms with E-state index in [2.05, 4.69) is 21.2 Å². The van der Waals surface area contributed by atoms with Gasteiger partial charge >= 0.3 is 0 Å². The van der Waals surface area contributed by atoms with E-state index in [0.717, 1.165) is 34.8 Å². The maximum absolute atomic E-state index is 12.8. The van der Waals surface area contributed by atoms with E-state index in [1.807, 2.05) is 54.3 Å². The molecule has 0 spiro atoms. The maximum atomic E-state index is 12.8. The number of hydrogen-bond donors (Lipinski definition) is 1. The number of piperazine rings is 1. The van der Waals surface area contributed by atoms with Crippen LogP contribution in [0.4, 0.5) is 0 Å². The van der Waals surface area contributed by atoms with Crippen molar-refractivity contribution in [2.45, 2.75) is 32.2 Å². The average molecular weight is 483 g/mol. The molecule has 1 unspecified atom stereocenters. The zero-order chi connectivity index (χ0) is 23.9. The van der Waals surface area contributed by atoms with Crippen LogP contribution < -0.4 is 5.32 Å². The number of rotatable bonds is 8. The van der Waals surface area contributed by atoms with Crippen molar-refractivity contribution in [1.82, 2.24) is 20.0 Å². The van der Waals surface area contributed by atoms with Crippen LogP contribution in [0, 0.1) is 6.92 Å². The van der Waals surface area contributed by atoms with Crippen LogP contribution in [0.5, 0.6) is 0 Å². The van der Waals surface area contributed by atoms with Gasteiger partial charge in [0.15, 0.2) is 0 Å². The van der Waals surface area contributed by atoms with Gasteiger partial charge in [0.25, 0.3) is 0 Å². The third-order valence-electron chi connectivity index (χ3n) is 7.03. The Morgan fingerprint density at radius 1 is 0.941 bits per heavy atom. The first-order valence-electron chi connectivity index (χ1n) is 12.3. The Kier molecular flexibility index (Phi) is 8.59. The molecule has 1 N–H and O–H groups in total. The van der Waals surface area contributed by atoms with Gasteiger partial charge in [-0.05, 0) is 55.6 Å². The molecule has 2 aromatic carbocycles. The summed E-state index contributed by atoms with van der Waals surface area (Å²) < 4.78 is 0. The Morgan fingerprint density at radius 3 is 2.32 bits per heavy atom. The summed E-state index contributed by atoms with van der Waals surface area (Å²) in [7, 11) is 0. The predicted octanol–water partition coefficient (Wildman–Crippen LogP) is 3.29. The Labute approximate surface area is 207 Å². The predicted molar refractivity (Wildman–Crippen MR) is 136 cm³/mol. The minimum atomic E-state index is 0.0240. The summed E-state index contributed by atoms with van der Waals surface area (Å²) in [5, 5.41) is 3.89. The summed E-state index contributed by atoms with van der Waals surface area (Å²) in [6.45, 7) is 7.77. The highest BCUT2D eigenvalue weighted by atomic mass is 35.5. The number of halogens is 1. The van der Waals surface area contributed by atoms with Gasteiger partial charge in [0, 0.05) is 37.7 Å². The zero-order valence-electron chi connectivity index (χ0n) is 20.0. The van der Waals surface area contributed by atoms with Gasteiger partial charge in [-0.1, -0.05) is 54.1 Å². The van der Waals surface area contributed by atoms with Gasteiger partial charge in [-0.15, -0.1) is 0 Å². The lowest BCUT2D eigenvalue weighted by Crippen LogP contribution is -2.51. The highest BCUT2D eigenvalue weighted by Gasteiger charge is 2.27. The van der Waals surface area contributed by atoms with E-state index in [9.17, 15) is 9.59 Å². The number of benzene rings is 2. The van der Waals surface area contributed by atoms with Crippen molar-refractivity contribution in [3.63, 3.8) is 0 Å². The molecule has 0 aromatic heterocycles. The molecule has 1 atom stereocenters. The van der Waals surface area contributed by atoms with E-state index in [1.165, 1.54) is 12.8 Å². The number of aryl methyl sites for hydroxylation is 1. The monoisotopic (exact) mass is 482 g/mol. The van der Waals surface area contributed by atoms with Gasteiger partial charge in [0.1, 0.15) is 0 Å². The van der Waals surface area contributed by atoms with Crippen molar-refractivity contribution in [2.24, 2.45) is 0 Å². The standard InChI is InChI=1S/C27H35ClN4O2/c1-21-8-2-3-9-22(21)18-27(34)32-16-14-30(15-17-32)20-26(33)29-19-25(31-12-6-7-13-31)23-10-4-5-11-24(23)28/h2-5,8-11,25H,6-7,12-20H2,1H3,(H,29,33). The van der Waals surface area contributed by atoms with Crippen molar-refractivity contribution >= 4 is 23.4 Å². The smallest absolute Gasteiger partial charge is 0.234 e. The van der Waals surface area contributed by atoms with E-state index in [1.54, 1.807) is 0 Å². The highest BCUT2D eigenvalue weighted by Crippen LogP contribution is 2.29. The van der Waals surface area contributed by atoms with Crippen LogP contribution >= 0.6 is 11.6 Å². The van der Waals surface area contributed by atoms with Crippen LogP contribution in [0.15, 0.2) is 48.5 Å². The average Bonchev–Trinajstić information content (AvgIpc) is 3.37. The maximum Gasteiger partial charge on any atom is 0.234 e. The van der Waals surface area contributed by atoms with Gasteiger partial charge in [0.2, 0.25) is 11.8 Å². The molecule has 2 amide bonds. The molecule has 0 saturated carbocycles. The lowest BCUT2D eigenvalue weighted by molar-refractivity contribution is -0.132. The van der Waals surface area contributed by atoms with Gasteiger partial charge in [0.05, 0.1) is 19.0 Å². The summed E-state index contributed by atoms with van der Waals surface area (Å²) in [5.74, 6) is 0.183. The minimum Gasteiger partial charge on any atom is -0.353 e. The largest absolute Gasteiger partial charge is 0.353 e. The van der Waals surface area contributed by atoms with Crippen LogP contribution in [-0.2, 0) is 16.0 Å². The summed E-state index contributed by atoms with van der Waals surface area (Å²) in [6.07, 6.45) is 2.80. The second-order valence-corrected chi connectivity index (χ2v) is 9.75. The second kappa shape index (κ2) is 11.8. The van der Waals surface area contributed by atoms with E-state index in [0.29, 0.717) is 45.7 Å². The Morgan fingerprint density at radius 2 is 1.62 bits per heavy atom. The van der Waals surface area contributed by atoms with Crippen LogP contribution in [-0.4, -0.2) is 78.9 Å². The van der Waals surface area contributed by atoms with E-state index < -0.39 is 0 Å². The molecular formula is C27H35ClN4O2. The minimum absolute atomic E-state index is 0.0240. The van der Waals surface area contributed by atoms with Crippen molar-refractivity contribution < 1.29 is 9.59 Å². The number of hydrogen-bond acceptors (Lipinski definition) is 4. The number of carbonyl (C=O) groups is 2. The first-order valence-corrected chi connectivity index (χ1v) is 12.7. The fraction of sp³-hybridized carbons (Fsp3) is 0.481. The number of nitrogens with zero attached hydrogens (tertiary/aromatic N) is 3. The molecule has 0 bridgehead atoms. The molecule has 2 aliphatic heterocycles. The Bertz CT molecular complexity index is 984. The van der Waals surface area contributed by atoms with E-state index in [4.69, 9.17) is 11.6 Å². The molecule has 2 saturated heterocycles. The number of nitrogens with one attached hydrogen (secondary N) is 1. The molecule has 2 fully saturated rings. The number of amides is 2. The highest BCUT2D eigenvalue weighted by molar-refractivity contribution is 6.31. The third-order valence-corrected chi connectivity index (χ3v) is 7.38. The van der Waals surface area contributed by atoms with Crippen molar-refractivity contribution in [1.29, 1.82) is 0 Å². The van der Waals surface area contributed by atoms with Crippen molar-refractivity contribution in [2.75, 3.05) is 52.4 Å². The van der Waals surface area contributed by atoms with Crippen LogP contribution in [0.25, 0.3) is 0 Å². The topological polar surface area (TPSA) is 55.9 Å². The normalized spacial score (nSPS) is 18.1. The molecule has 2 heterocycles. The van der Waals surface area contributed by atoms with Crippen molar-refractivity contribution in [3.8, 4) is 0 Å². The third kappa shape index (κ3) is 6.38. The molecule has 7 heteroatoms. The molecule has 4 rings (SSSR count). The first kappa shape index (κ1) is 24.7. The fourth-order valence-electron chi connectivity index (χ4n) is 4.94. The lowest BCUT2D eigenvalue weighted by Gasteiger charge is -2.35. The molecule has 0 aliphatic carbocycles. The second-order valence-electron chi connectivity index (χ2n) is 9.34. The molecule has 2 aliphatic rings. The van der Waals surface area contributed by atoms with E-state index in [-0.39, 0.29) is 17.9 Å². The molecule has 34 heavy (non-hydrogen) atoms. The summed E-state index contributed by atoms with van der Waals surface area (Å²) in [5.41, 5.74) is 3.31. The Balaban J connectivity index is 1.24. The molecule has 2 aromatic rings. The molecular weight excluding hydrogens is 448 g/mol. The Hall–Kier alpha value is -2.41. The molecule has 0 radical (unpaired) electrons. The van der Waals surface area contributed by atoms with Crippen LogP contribution in [0.2, 0.25) is 5.02 Å². The van der Waals surface area contributed by atoms with Gasteiger partial charge in [-0.2, -0.15) is 0 Å². The number of likely N-dealkylation sites (tertiary alicyclic amines) is 1. The van der Waals surface area contributed by atoms with Crippen LogP contribution in [0.1, 0.15) is 35.6 Å². The first-order chi connectivity index (χ1) is 16.5. The van der Waals surface area contributed by atoms with Gasteiger partial charge in [-0.25, -0.2) is 0 Å². The summed E-state index contributed by atoms with van der Waals surface area (Å²) in [6, 6.07) is 16.1. The van der Waals surface area contributed by atoms with E-state index >= 15 is 0 Å². The molecule has 182 valence electrons. The fourth-order valence-corrected chi connectivity index (χ4v) is 5.20. The quantitative estimate of drug-likeness (QED) is 0.627. The van der Waals surface area contributed by atoms with Gasteiger partial charge in [-0.3, -0.25) is 19.4 Å². The van der Waals surface area contributed by atoms with Crippen molar-refractivity contribution in [3.05, 3.63) is 70.2 Å². The molecule has 6 nitrogen and oxygen atoms in total. The summed E-state index contributed by atoms with van der Waals surface area (Å²) in [4.78, 5) is 32.0. The summed E-state index contributed by atoms with van der Waals surface area (Å²) >= 11 is 6.49. The lowest BCUT2D eigenvalue weighted by atomic mass is 10.1. The number of carbonyl (C=O) groups excluding carboxylic acids is 2. The van der Waals surface area contributed by atoms with Gasteiger partial charge < -0.3 is 10.2 Å². The SMILES string of the molecule is Cc1ccccc1CC(=O)N1CCN(CC(=O)NCC(c2ccccc2Cl)N2CCCC2)CC1.